The lowest BCUT2D eigenvalue weighted by atomic mass is 10.2. The van der Waals surface area contributed by atoms with Crippen LogP contribution >= 0.6 is 0 Å². The second-order valence-corrected chi connectivity index (χ2v) is 5.61. The number of esters is 2. The van der Waals surface area contributed by atoms with E-state index in [1.54, 1.807) is 55.5 Å². The van der Waals surface area contributed by atoms with Crippen molar-refractivity contribution in [2.24, 2.45) is 0 Å². The Morgan fingerprint density at radius 3 is 1.75 bits per heavy atom. The van der Waals surface area contributed by atoms with Crippen LogP contribution in [0.4, 0.5) is 0 Å². The maximum absolute atomic E-state index is 11.8. The highest BCUT2D eigenvalue weighted by Gasteiger charge is 2.14. The fourth-order valence-electron chi connectivity index (χ4n) is 1.94. The molecule has 2 N–H and O–H groups in total. The molecule has 1 atom stereocenters. The van der Waals surface area contributed by atoms with Crippen LogP contribution in [0.2, 0.25) is 0 Å². The van der Waals surface area contributed by atoms with Crippen LogP contribution in [-0.4, -0.2) is 61.3 Å². The maximum Gasteiger partial charge on any atom is 0.338 e. The van der Waals surface area contributed by atoms with Crippen LogP contribution in [0.5, 0.6) is 0 Å². The van der Waals surface area contributed by atoms with Crippen molar-refractivity contribution in [2.45, 2.75) is 13.0 Å². The fraction of sp³-hybridized carbons (Fsp3) is 0.333. The molecule has 0 saturated carbocycles. The Morgan fingerprint density at radius 1 is 0.821 bits per heavy atom. The molecule has 0 bridgehead atoms. The molecule has 7 heteroatoms. The van der Waals surface area contributed by atoms with E-state index >= 15 is 0 Å². The van der Waals surface area contributed by atoms with E-state index in [0.29, 0.717) is 24.3 Å². The van der Waals surface area contributed by atoms with E-state index in [1.807, 2.05) is 12.1 Å². The average Bonchev–Trinajstić information content (AvgIpc) is 2.74. The molecule has 0 saturated heterocycles. The normalized spacial score (nSPS) is 11.0. The number of rotatable bonds is 9. The van der Waals surface area contributed by atoms with Gasteiger partial charge >= 0.3 is 11.9 Å². The third-order valence-corrected chi connectivity index (χ3v) is 3.25. The highest BCUT2D eigenvalue weighted by Crippen LogP contribution is 2.06. The molecular formula is C21H26O7. The van der Waals surface area contributed by atoms with Gasteiger partial charge in [0.2, 0.25) is 0 Å². The molecule has 2 aromatic carbocycles. The van der Waals surface area contributed by atoms with Crippen LogP contribution in [0, 0.1) is 0 Å². The predicted molar refractivity (Wildman–Crippen MR) is 103 cm³/mol. The SMILES string of the molecule is CC(COC(=O)c1ccccc1)OC(=O)c1ccccc1.OCCOCCO. The summed E-state index contributed by atoms with van der Waals surface area (Å²) < 4.78 is 14.9. The summed E-state index contributed by atoms with van der Waals surface area (Å²) in [6.07, 6.45) is -0.509. The van der Waals surface area contributed by atoms with Gasteiger partial charge in [0.1, 0.15) is 12.7 Å². The molecule has 28 heavy (non-hydrogen) atoms. The molecular weight excluding hydrogens is 364 g/mol. The molecule has 152 valence electrons. The Hall–Kier alpha value is -2.74. The smallest absolute Gasteiger partial charge is 0.338 e. The number of ether oxygens (including phenoxy) is 3. The van der Waals surface area contributed by atoms with Crippen LogP contribution in [0.25, 0.3) is 0 Å². The van der Waals surface area contributed by atoms with E-state index in [0.717, 1.165) is 0 Å². The second kappa shape index (κ2) is 14.3. The number of hydrogen-bond acceptors (Lipinski definition) is 7. The minimum absolute atomic E-state index is 0.0201. The molecule has 7 nitrogen and oxygen atoms in total. The zero-order valence-corrected chi connectivity index (χ0v) is 15.8. The van der Waals surface area contributed by atoms with Gasteiger partial charge in [-0.25, -0.2) is 9.59 Å². The Morgan fingerprint density at radius 2 is 1.29 bits per heavy atom. The summed E-state index contributed by atoms with van der Waals surface area (Å²) in [5.74, 6) is -0.864. The van der Waals surface area contributed by atoms with Crippen molar-refractivity contribution < 1.29 is 34.0 Å². The number of aliphatic hydroxyl groups excluding tert-OH is 2. The Kier molecular flexibility index (Phi) is 11.9. The lowest BCUT2D eigenvalue weighted by Gasteiger charge is -2.13. The first-order valence-corrected chi connectivity index (χ1v) is 8.86. The number of benzene rings is 2. The van der Waals surface area contributed by atoms with Gasteiger partial charge in [-0.3, -0.25) is 0 Å². The molecule has 0 fully saturated rings. The van der Waals surface area contributed by atoms with Gasteiger partial charge in [0.05, 0.1) is 37.6 Å². The van der Waals surface area contributed by atoms with Gasteiger partial charge in [0.25, 0.3) is 0 Å². The summed E-state index contributed by atoms with van der Waals surface area (Å²) in [6.45, 7) is 2.40. The van der Waals surface area contributed by atoms with Crippen molar-refractivity contribution in [2.75, 3.05) is 33.0 Å². The summed E-state index contributed by atoms with van der Waals surface area (Å²) >= 11 is 0. The Labute approximate surface area is 164 Å². The topological polar surface area (TPSA) is 102 Å². The van der Waals surface area contributed by atoms with Gasteiger partial charge in [-0.1, -0.05) is 36.4 Å². The van der Waals surface area contributed by atoms with Crippen LogP contribution in [-0.2, 0) is 14.2 Å². The molecule has 2 rings (SSSR count). The van der Waals surface area contributed by atoms with Gasteiger partial charge in [-0.2, -0.15) is 0 Å². The summed E-state index contributed by atoms with van der Waals surface area (Å²) in [6, 6.07) is 17.4. The van der Waals surface area contributed by atoms with Crippen LogP contribution in [0.15, 0.2) is 60.7 Å². The van der Waals surface area contributed by atoms with Gasteiger partial charge in [0.15, 0.2) is 0 Å². The lowest BCUT2D eigenvalue weighted by molar-refractivity contribution is 0.00448. The summed E-state index contributed by atoms with van der Waals surface area (Å²) in [4.78, 5) is 23.5. The first-order valence-electron chi connectivity index (χ1n) is 8.86. The van der Waals surface area contributed by atoms with Crippen LogP contribution in [0.1, 0.15) is 27.6 Å². The van der Waals surface area contributed by atoms with E-state index in [2.05, 4.69) is 4.74 Å². The van der Waals surface area contributed by atoms with Crippen molar-refractivity contribution in [3.05, 3.63) is 71.8 Å². The molecule has 0 aromatic heterocycles. The molecule has 0 amide bonds. The van der Waals surface area contributed by atoms with E-state index in [4.69, 9.17) is 19.7 Å². The summed E-state index contributed by atoms with van der Waals surface area (Å²) in [7, 11) is 0. The molecule has 0 aliphatic carbocycles. The molecule has 0 radical (unpaired) electrons. The molecule has 0 spiro atoms. The van der Waals surface area contributed by atoms with E-state index < -0.39 is 18.0 Å². The number of hydrogen-bond donors (Lipinski definition) is 2. The molecule has 0 aliphatic heterocycles. The highest BCUT2D eigenvalue weighted by atomic mass is 16.6. The fourth-order valence-corrected chi connectivity index (χ4v) is 1.94. The van der Waals surface area contributed by atoms with Crippen LogP contribution < -0.4 is 0 Å². The monoisotopic (exact) mass is 390 g/mol. The number of carbonyl (C=O) groups is 2. The standard InChI is InChI=1S/C17H16O4.C4H10O3/c1-13(21-17(19)15-10-6-3-7-11-15)12-20-16(18)14-8-4-2-5-9-14;5-1-3-7-4-2-6/h2-11,13H,12H2,1H3;5-6H,1-4H2. The first-order chi connectivity index (χ1) is 13.6. The van der Waals surface area contributed by atoms with Crippen LogP contribution in [0.3, 0.4) is 0 Å². The van der Waals surface area contributed by atoms with Crippen molar-refractivity contribution >= 4 is 11.9 Å². The molecule has 2 aromatic rings. The zero-order chi connectivity index (χ0) is 20.6. The van der Waals surface area contributed by atoms with Gasteiger partial charge in [-0.15, -0.1) is 0 Å². The van der Waals surface area contributed by atoms with Gasteiger partial charge in [0, 0.05) is 0 Å². The maximum atomic E-state index is 11.8. The minimum atomic E-state index is -0.509. The van der Waals surface area contributed by atoms with E-state index in [1.165, 1.54) is 0 Å². The second-order valence-electron chi connectivity index (χ2n) is 5.61. The van der Waals surface area contributed by atoms with Crippen molar-refractivity contribution in [1.29, 1.82) is 0 Å². The zero-order valence-electron chi connectivity index (χ0n) is 15.8. The van der Waals surface area contributed by atoms with E-state index in [-0.39, 0.29) is 19.8 Å². The summed E-state index contributed by atoms with van der Waals surface area (Å²) in [5.41, 5.74) is 0.942. The van der Waals surface area contributed by atoms with Crippen molar-refractivity contribution in [3.8, 4) is 0 Å². The Bertz CT molecular complexity index is 670. The summed E-state index contributed by atoms with van der Waals surface area (Å²) in [5, 5.41) is 16.2. The number of carbonyl (C=O) groups excluding carboxylic acids is 2. The van der Waals surface area contributed by atoms with Gasteiger partial charge < -0.3 is 24.4 Å². The average molecular weight is 390 g/mol. The minimum Gasteiger partial charge on any atom is -0.458 e. The molecule has 1 unspecified atom stereocenters. The van der Waals surface area contributed by atoms with Crippen molar-refractivity contribution in [1.82, 2.24) is 0 Å². The lowest BCUT2D eigenvalue weighted by Crippen LogP contribution is -2.22. The number of aliphatic hydroxyl groups is 2. The molecule has 0 aliphatic rings. The molecule has 0 heterocycles. The first kappa shape index (κ1) is 23.3. The van der Waals surface area contributed by atoms with Crippen molar-refractivity contribution in [3.63, 3.8) is 0 Å². The van der Waals surface area contributed by atoms with Gasteiger partial charge in [-0.05, 0) is 31.2 Å². The van der Waals surface area contributed by atoms with E-state index in [9.17, 15) is 9.59 Å². The third kappa shape index (κ3) is 9.82. The largest absolute Gasteiger partial charge is 0.458 e. The Balaban J connectivity index is 0.000000480. The quantitative estimate of drug-likeness (QED) is 0.499. The predicted octanol–water partition coefficient (Wildman–Crippen LogP) is 2.08. The highest BCUT2D eigenvalue weighted by molar-refractivity contribution is 5.90. The third-order valence-electron chi connectivity index (χ3n) is 3.25.